The van der Waals surface area contributed by atoms with E-state index in [1.165, 1.54) is 0 Å². The molecule has 2 rings (SSSR count). The van der Waals surface area contributed by atoms with Crippen LogP contribution in [-0.2, 0) is 16.0 Å². The zero-order valence-corrected chi connectivity index (χ0v) is 15.7. The zero-order chi connectivity index (χ0) is 18.2. The Kier molecular flexibility index (Phi) is 7.14. The topological polar surface area (TPSA) is 38.8 Å². The summed E-state index contributed by atoms with van der Waals surface area (Å²) in [7, 11) is 0. The lowest BCUT2D eigenvalue weighted by Crippen LogP contribution is -2.22. The van der Waals surface area contributed by atoms with Crippen molar-refractivity contribution in [3.8, 4) is 11.5 Å². The molecule has 2 aromatic rings. The molecular formula is C20H24ClNO3. The third-order valence-electron chi connectivity index (χ3n) is 3.81. The third-order valence-corrected chi connectivity index (χ3v) is 4.04. The van der Waals surface area contributed by atoms with E-state index in [0.717, 1.165) is 30.1 Å². The van der Waals surface area contributed by atoms with Crippen LogP contribution in [0.2, 0.25) is 5.02 Å². The highest BCUT2D eigenvalue weighted by atomic mass is 35.5. The number of hydrogen-bond donors (Lipinski definition) is 0. The van der Waals surface area contributed by atoms with Gasteiger partial charge in [-0.2, -0.15) is 0 Å². The van der Waals surface area contributed by atoms with E-state index in [0.29, 0.717) is 17.4 Å². The molecule has 0 aliphatic carbocycles. The Morgan fingerprint density at radius 2 is 1.84 bits per heavy atom. The number of rotatable bonds is 8. The van der Waals surface area contributed by atoms with Gasteiger partial charge in [0.25, 0.3) is 0 Å². The van der Waals surface area contributed by atoms with Gasteiger partial charge in [-0.05, 0) is 56.7 Å². The number of carbonyl (C=O) groups is 1. The van der Waals surface area contributed by atoms with E-state index >= 15 is 0 Å². The molecule has 0 aliphatic rings. The van der Waals surface area contributed by atoms with Gasteiger partial charge < -0.3 is 14.4 Å². The predicted octanol–water partition coefficient (Wildman–Crippen LogP) is 5.08. The van der Waals surface area contributed by atoms with Gasteiger partial charge in [-0.15, -0.1) is 0 Å². The largest absolute Gasteiger partial charge is 0.466 e. The highest BCUT2D eigenvalue weighted by Crippen LogP contribution is 2.34. The molecule has 0 atom stereocenters. The molecule has 0 unspecified atom stereocenters. The van der Waals surface area contributed by atoms with Crippen molar-refractivity contribution >= 4 is 23.3 Å². The zero-order valence-electron chi connectivity index (χ0n) is 14.9. The second kappa shape index (κ2) is 9.33. The summed E-state index contributed by atoms with van der Waals surface area (Å²) >= 11 is 6.04. The Hall–Kier alpha value is -2.20. The van der Waals surface area contributed by atoms with Crippen LogP contribution in [-0.4, -0.2) is 25.7 Å². The van der Waals surface area contributed by atoms with Crippen molar-refractivity contribution in [1.82, 2.24) is 0 Å². The molecule has 134 valence electrons. The third kappa shape index (κ3) is 5.40. The lowest BCUT2D eigenvalue weighted by Gasteiger charge is -2.24. The van der Waals surface area contributed by atoms with E-state index in [-0.39, 0.29) is 12.4 Å². The van der Waals surface area contributed by atoms with Crippen LogP contribution in [0.1, 0.15) is 26.3 Å². The van der Waals surface area contributed by atoms with Crippen LogP contribution < -0.4 is 9.64 Å². The Morgan fingerprint density at radius 3 is 2.48 bits per heavy atom. The molecule has 5 heteroatoms. The average Bonchev–Trinajstić information content (AvgIpc) is 2.58. The summed E-state index contributed by atoms with van der Waals surface area (Å²) in [4.78, 5) is 14.0. The standard InChI is InChI=1S/C20H24ClNO3/c1-4-22(5-2)18-12-15(13-20(23)24-6-3)10-11-19(18)25-17-9-7-8-16(21)14-17/h7-12,14H,4-6,13H2,1-3H3. The number of halogens is 1. The molecular weight excluding hydrogens is 338 g/mol. The van der Waals surface area contributed by atoms with Gasteiger partial charge in [0, 0.05) is 18.1 Å². The molecule has 25 heavy (non-hydrogen) atoms. The van der Waals surface area contributed by atoms with E-state index < -0.39 is 0 Å². The molecule has 0 fully saturated rings. The van der Waals surface area contributed by atoms with Crippen molar-refractivity contribution in [2.24, 2.45) is 0 Å². The molecule has 0 N–H and O–H groups in total. The van der Waals surface area contributed by atoms with E-state index in [1.54, 1.807) is 13.0 Å². The average molecular weight is 362 g/mol. The Morgan fingerprint density at radius 1 is 1.08 bits per heavy atom. The van der Waals surface area contributed by atoms with Crippen molar-refractivity contribution < 1.29 is 14.3 Å². The summed E-state index contributed by atoms with van der Waals surface area (Å²) in [6.45, 7) is 8.05. The van der Waals surface area contributed by atoms with Crippen LogP contribution in [0.4, 0.5) is 5.69 Å². The van der Waals surface area contributed by atoms with Crippen molar-refractivity contribution in [3.63, 3.8) is 0 Å². The second-order valence-corrected chi connectivity index (χ2v) is 5.95. The van der Waals surface area contributed by atoms with E-state index in [1.807, 2.05) is 36.4 Å². The summed E-state index contributed by atoms with van der Waals surface area (Å²) in [5, 5.41) is 0.626. The summed E-state index contributed by atoms with van der Waals surface area (Å²) in [5.41, 5.74) is 1.85. The first-order chi connectivity index (χ1) is 12.1. The molecule has 0 bridgehead atoms. The van der Waals surface area contributed by atoms with Crippen molar-refractivity contribution in [1.29, 1.82) is 0 Å². The molecule has 0 saturated carbocycles. The van der Waals surface area contributed by atoms with E-state index in [2.05, 4.69) is 18.7 Å². The fourth-order valence-corrected chi connectivity index (χ4v) is 2.79. The maximum Gasteiger partial charge on any atom is 0.310 e. The van der Waals surface area contributed by atoms with Crippen molar-refractivity contribution in [3.05, 3.63) is 53.1 Å². The maximum atomic E-state index is 11.8. The molecule has 0 heterocycles. The van der Waals surface area contributed by atoms with Gasteiger partial charge >= 0.3 is 5.97 Å². The lowest BCUT2D eigenvalue weighted by atomic mass is 10.1. The van der Waals surface area contributed by atoms with Crippen LogP contribution in [0.3, 0.4) is 0 Å². The van der Waals surface area contributed by atoms with E-state index in [4.69, 9.17) is 21.1 Å². The SMILES string of the molecule is CCOC(=O)Cc1ccc(Oc2cccc(Cl)c2)c(N(CC)CC)c1. The number of anilines is 1. The predicted molar refractivity (Wildman–Crippen MR) is 102 cm³/mol. The van der Waals surface area contributed by atoms with Crippen LogP contribution in [0.15, 0.2) is 42.5 Å². The first kappa shape index (κ1) is 19.1. The lowest BCUT2D eigenvalue weighted by molar-refractivity contribution is -0.142. The fraction of sp³-hybridized carbons (Fsp3) is 0.350. The number of nitrogens with zero attached hydrogens (tertiary/aromatic N) is 1. The molecule has 0 saturated heterocycles. The van der Waals surface area contributed by atoms with Crippen molar-refractivity contribution in [2.45, 2.75) is 27.2 Å². The normalized spacial score (nSPS) is 10.4. The minimum absolute atomic E-state index is 0.225. The van der Waals surface area contributed by atoms with Crippen LogP contribution in [0, 0.1) is 0 Å². The number of hydrogen-bond acceptors (Lipinski definition) is 4. The fourth-order valence-electron chi connectivity index (χ4n) is 2.61. The van der Waals surface area contributed by atoms with E-state index in [9.17, 15) is 4.79 Å². The Bertz CT molecular complexity index is 714. The number of ether oxygens (including phenoxy) is 2. The summed E-state index contributed by atoms with van der Waals surface area (Å²) in [6, 6.07) is 13.1. The number of esters is 1. The Balaban J connectivity index is 2.32. The summed E-state index contributed by atoms with van der Waals surface area (Å²) < 4.78 is 11.1. The van der Waals surface area contributed by atoms with Gasteiger partial charge in [-0.1, -0.05) is 23.7 Å². The molecule has 0 spiro atoms. The molecule has 0 aromatic heterocycles. The minimum atomic E-state index is -0.225. The first-order valence-corrected chi connectivity index (χ1v) is 8.92. The van der Waals surface area contributed by atoms with Crippen LogP contribution in [0.25, 0.3) is 0 Å². The van der Waals surface area contributed by atoms with Gasteiger partial charge in [-0.25, -0.2) is 0 Å². The summed E-state index contributed by atoms with van der Waals surface area (Å²) in [5.74, 6) is 1.19. The summed E-state index contributed by atoms with van der Waals surface area (Å²) in [6.07, 6.45) is 0.250. The monoisotopic (exact) mass is 361 g/mol. The number of benzene rings is 2. The minimum Gasteiger partial charge on any atom is -0.466 e. The highest BCUT2D eigenvalue weighted by molar-refractivity contribution is 6.30. The first-order valence-electron chi connectivity index (χ1n) is 8.54. The van der Waals surface area contributed by atoms with Gasteiger partial charge in [0.1, 0.15) is 5.75 Å². The van der Waals surface area contributed by atoms with Gasteiger partial charge in [0.15, 0.2) is 5.75 Å². The van der Waals surface area contributed by atoms with Gasteiger partial charge in [0.2, 0.25) is 0 Å². The highest BCUT2D eigenvalue weighted by Gasteiger charge is 2.14. The molecule has 0 aliphatic heterocycles. The van der Waals surface area contributed by atoms with Gasteiger partial charge in [0.05, 0.1) is 18.7 Å². The quantitative estimate of drug-likeness (QED) is 0.614. The maximum absolute atomic E-state index is 11.8. The molecule has 4 nitrogen and oxygen atoms in total. The second-order valence-electron chi connectivity index (χ2n) is 5.52. The van der Waals surface area contributed by atoms with Gasteiger partial charge in [-0.3, -0.25) is 4.79 Å². The number of carbonyl (C=O) groups excluding carboxylic acids is 1. The van der Waals surface area contributed by atoms with Crippen molar-refractivity contribution in [2.75, 3.05) is 24.6 Å². The smallest absolute Gasteiger partial charge is 0.310 e. The van der Waals surface area contributed by atoms with Crippen LogP contribution in [0.5, 0.6) is 11.5 Å². The Labute approximate surface area is 154 Å². The molecule has 0 amide bonds. The molecule has 0 radical (unpaired) electrons. The van der Waals surface area contributed by atoms with Crippen LogP contribution >= 0.6 is 11.6 Å². The molecule has 2 aromatic carbocycles.